The highest BCUT2D eigenvalue weighted by atomic mass is 32.1. The van der Waals surface area contributed by atoms with Gasteiger partial charge >= 0.3 is 0 Å². The molecule has 0 unspecified atom stereocenters. The zero-order valence-corrected chi connectivity index (χ0v) is 19.0. The highest BCUT2D eigenvalue weighted by molar-refractivity contribution is 7.11. The lowest BCUT2D eigenvalue weighted by molar-refractivity contribution is 0.284. The fourth-order valence-electron chi connectivity index (χ4n) is 3.18. The van der Waals surface area contributed by atoms with Gasteiger partial charge in [0.25, 0.3) is 0 Å². The van der Waals surface area contributed by atoms with Crippen LogP contribution in [0.2, 0.25) is 0 Å². The van der Waals surface area contributed by atoms with Crippen molar-refractivity contribution in [1.29, 1.82) is 0 Å². The first-order valence-electron chi connectivity index (χ1n) is 10.3. The molecule has 158 valence electrons. The molecule has 4 rings (SSSR count). The van der Waals surface area contributed by atoms with Gasteiger partial charge in [-0.25, -0.2) is 4.98 Å². The van der Waals surface area contributed by atoms with Crippen LogP contribution in [0.25, 0.3) is 0 Å². The first-order chi connectivity index (χ1) is 14.3. The maximum absolute atomic E-state index is 5.98. The fraction of sp³-hybridized carbons (Fsp3) is 0.500. The van der Waals surface area contributed by atoms with E-state index in [0.29, 0.717) is 36.7 Å². The summed E-state index contributed by atoms with van der Waals surface area (Å²) in [5, 5.41) is 13.9. The molecule has 2 atom stereocenters. The van der Waals surface area contributed by atoms with Crippen LogP contribution >= 0.6 is 11.3 Å². The Bertz CT molecular complexity index is 1010. The highest BCUT2D eigenvalue weighted by Gasteiger charge is 2.40. The minimum absolute atomic E-state index is 0.0111. The van der Waals surface area contributed by atoms with Gasteiger partial charge in [0.2, 0.25) is 5.88 Å². The Labute approximate surface area is 181 Å². The quantitative estimate of drug-likeness (QED) is 0.600. The first-order valence-corrected chi connectivity index (χ1v) is 11.1. The van der Waals surface area contributed by atoms with E-state index in [9.17, 15) is 0 Å². The molecule has 1 N–H and O–H groups in total. The molecule has 30 heavy (non-hydrogen) atoms. The Morgan fingerprint density at radius 3 is 2.70 bits per heavy atom. The summed E-state index contributed by atoms with van der Waals surface area (Å²) in [6, 6.07) is 6.09. The summed E-state index contributed by atoms with van der Waals surface area (Å²) in [6.07, 6.45) is 3.04. The molecule has 3 aromatic rings. The van der Waals surface area contributed by atoms with Crippen LogP contribution in [0.15, 0.2) is 24.4 Å². The van der Waals surface area contributed by atoms with Crippen molar-refractivity contribution in [2.75, 3.05) is 11.9 Å². The van der Waals surface area contributed by atoms with E-state index >= 15 is 0 Å². The van der Waals surface area contributed by atoms with Gasteiger partial charge in [0.1, 0.15) is 21.7 Å². The topological polar surface area (TPSA) is 85.7 Å². The summed E-state index contributed by atoms with van der Waals surface area (Å²) in [4.78, 5) is 13.4. The average Bonchev–Trinajstić information content (AvgIpc) is 3.29. The molecule has 1 saturated carbocycles. The molecule has 7 nitrogen and oxygen atoms in total. The Kier molecular flexibility index (Phi) is 5.69. The van der Waals surface area contributed by atoms with E-state index in [1.165, 1.54) is 5.56 Å². The second kappa shape index (κ2) is 8.26. The predicted octanol–water partition coefficient (Wildman–Crippen LogP) is 4.43. The van der Waals surface area contributed by atoms with Crippen LogP contribution in [-0.2, 0) is 12.0 Å². The van der Waals surface area contributed by atoms with Gasteiger partial charge in [0.05, 0.1) is 13.2 Å². The van der Waals surface area contributed by atoms with E-state index in [0.717, 1.165) is 27.9 Å². The Hall–Kier alpha value is -2.61. The van der Waals surface area contributed by atoms with E-state index in [-0.39, 0.29) is 5.41 Å². The Morgan fingerprint density at radius 2 is 2.00 bits per heavy atom. The van der Waals surface area contributed by atoms with Crippen molar-refractivity contribution in [2.45, 2.75) is 58.9 Å². The number of pyridine rings is 1. The zero-order chi connectivity index (χ0) is 21.3. The molecular weight excluding hydrogens is 396 g/mol. The minimum atomic E-state index is 0.0111. The number of ether oxygens (including phenoxy) is 1. The van der Waals surface area contributed by atoms with Crippen molar-refractivity contribution in [3.63, 3.8) is 0 Å². The second-order valence-electron chi connectivity index (χ2n) is 8.92. The highest BCUT2D eigenvalue weighted by Crippen LogP contribution is 2.46. The molecule has 3 aromatic heterocycles. The fourth-order valence-corrected chi connectivity index (χ4v) is 4.02. The number of hydrogen-bond acceptors (Lipinski definition) is 8. The normalized spacial score (nSPS) is 18.3. The van der Waals surface area contributed by atoms with Crippen molar-refractivity contribution >= 4 is 17.2 Å². The van der Waals surface area contributed by atoms with Gasteiger partial charge in [0.15, 0.2) is 0 Å². The number of rotatable bonds is 7. The molecule has 0 aromatic carbocycles. The monoisotopic (exact) mass is 424 g/mol. The molecule has 0 amide bonds. The van der Waals surface area contributed by atoms with E-state index in [1.807, 2.05) is 19.2 Å². The van der Waals surface area contributed by atoms with Crippen LogP contribution < -0.4 is 10.1 Å². The summed E-state index contributed by atoms with van der Waals surface area (Å²) < 4.78 is 5.98. The smallest absolute Gasteiger partial charge is 0.218 e. The second-order valence-corrected chi connectivity index (χ2v) is 9.98. The molecule has 0 aliphatic heterocycles. The summed E-state index contributed by atoms with van der Waals surface area (Å²) in [5.74, 6) is 2.98. The number of aromatic nitrogens is 5. The van der Waals surface area contributed by atoms with Gasteiger partial charge in [-0.1, -0.05) is 38.2 Å². The molecule has 0 spiro atoms. The molecule has 1 aliphatic carbocycles. The van der Waals surface area contributed by atoms with Crippen LogP contribution in [0.1, 0.15) is 60.2 Å². The largest absolute Gasteiger partial charge is 0.477 e. The molecule has 1 fully saturated rings. The van der Waals surface area contributed by atoms with Gasteiger partial charge in [-0.3, -0.25) is 4.98 Å². The van der Waals surface area contributed by atoms with Crippen molar-refractivity contribution in [3.8, 4) is 5.88 Å². The number of nitrogens with zero attached hydrogens (tertiary/aromatic N) is 5. The lowest BCUT2D eigenvalue weighted by atomic mass is 9.98. The Morgan fingerprint density at radius 1 is 1.17 bits per heavy atom. The summed E-state index contributed by atoms with van der Waals surface area (Å²) in [5.41, 5.74) is 2.35. The first kappa shape index (κ1) is 20.7. The number of nitrogens with one attached hydrogen (secondary N) is 1. The van der Waals surface area contributed by atoms with Gasteiger partial charge in [-0.05, 0) is 31.9 Å². The molecular formula is C22H28N6OS. The van der Waals surface area contributed by atoms with Crippen LogP contribution in [0.4, 0.5) is 5.82 Å². The van der Waals surface area contributed by atoms with Crippen LogP contribution in [0.5, 0.6) is 5.88 Å². The van der Waals surface area contributed by atoms with Crippen molar-refractivity contribution in [3.05, 3.63) is 51.5 Å². The van der Waals surface area contributed by atoms with Crippen LogP contribution in [0.3, 0.4) is 0 Å². The third kappa shape index (κ3) is 5.11. The minimum Gasteiger partial charge on any atom is -0.477 e. The van der Waals surface area contributed by atoms with Crippen LogP contribution in [0, 0.1) is 19.8 Å². The van der Waals surface area contributed by atoms with Crippen molar-refractivity contribution in [2.24, 2.45) is 5.92 Å². The SMILES string of the molecule is Cc1ccc([C@@H]2C[C@H]2COc2cc(NCc3nnc(C(C)(C)C)s3)nc(C)n2)nc1. The van der Waals surface area contributed by atoms with Crippen LogP contribution in [-0.4, -0.2) is 31.8 Å². The predicted molar refractivity (Wildman–Crippen MR) is 118 cm³/mol. The number of aryl methyl sites for hydroxylation is 2. The van der Waals surface area contributed by atoms with E-state index in [4.69, 9.17) is 4.74 Å². The summed E-state index contributed by atoms with van der Waals surface area (Å²) in [7, 11) is 0. The lowest BCUT2D eigenvalue weighted by Gasteiger charge is -2.12. The van der Waals surface area contributed by atoms with Gasteiger partial charge in [0, 0.05) is 35.2 Å². The third-order valence-electron chi connectivity index (χ3n) is 5.03. The third-order valence-corrected chi connectivity index (χ3v) is 6.37. The average molecular weight is 425 g/mol. The maximum atomic E-state index is 5.98. The molecule has 8 heteroatoms. The van der Waals surface area contributed by atoms with Gasteiger partial charge < -0.3 is 10.1 Å². The van der Waals surface area contributed by atoms with Crippen molar-refractivity contribution < 1.29 is 4.74 Å². The molecule has 0 bridgehead atoms. The summed E-state index contributed by atoms with van der Waals surface area (Å²) in [6.45, 7) is 11.6. The molecule has 3 heterocycles. The Balaban J connectivity index is 1.32. The van der Waals surface area contributed by atoms with E-state index < -0.39 is 0 Å². The standard InChI is InChI=1S/C22H28N6OS/c1-13-6-7-17(23-10-13)16-8-15(16)12-29-19-9-18(25-14(2)26-19)24-11-20-27-28-21(30-20)22(3,4)5/h6-7,9-10,15-16H,8,11-12H2,1-5H3,(H,24,25,26)/t15-,16+/m0/s1. The lowest BCUT2D eigenvalue weighted by Crippen LogP contribution is -2.10. The zero-order valence-electron chi connectivity index (χ0n) is 18.1. The molecule has 0 radical (unpaired) electrons. The molecule has 1 aliphatic rings. The van der Waals surface area contributed by atoms with Crippen molar-refractivity contribution in [1.82, 2.24) is 25.1 Å². The molecule has 0 saturated heterocycles. The van der Waals surface area contributed by atoms with Gasteiger partial charge in [-0.15, -0.1) is 10.2 Å². The number of hydrogen-bond donors (Lipinski definition) is 1. The van der Waals surface area contributed by atoms with E-state index in [1.54, 1.807) is 11.3 Å². The summed E-state index contributed by atoms with van der Waals surface area (Å²) >= 11 is 1.62. The number of anilines is 1. The maximum Gasteiger partial charge on any atom is 0.218 e. The van der Waals surface area contributed by atoms with E-state index in [2.05, 4.69) is 70.3 Å². The van der Waals surface area contributed by atoms with Gasteiger partial charge in [-0.2, -0.15) is 4.98 Å².